The highest BCUT2D eigenvalue weighted by molar-refractivity contribution is 5.60. The predicted molar refractivity (Wildman–Crippen MR) is 72.5 cm³/mol. The molecule has 1 aromatic carbocycles. The fraction of sp³-hybridized carbons (Fsp3) is 0.438. The monoisotopic (exact) mass is 259 g/mol. The van der Waals surface area contributed by atoms with Crippen molar-refractivity contribution in [3.05, 3.63) is 41.7 Å². The van der Waals surface area contributed by atoms with Crippen LogP contribution in [0.25, 0.3) is 11.3 Å². The summed E-state index contributed by atoms with van der Waals surface area (Å²) in [6.45, 7) is 1.86. The highest BCUT2D eigenvalue weighted by atomic mass is 19.1. The Balaban J connectivity index is 2.01. The number of oxazole rings is 1. The van der Waals surface area contributed by atoms with E-state index in [1.165, 1.54) is 31.4 Å². The quantitative estimate of drug-likeness (QED) is 0.771. The van der Waals surface area contributed by atoms with Gasteiger partial charge in [0.1, 0.15) is 5.82 Å². The van der Waals surface area contributed by atoms with E-state index in [0.717, 1.165) is 29.9 Å². The Morgan fingerprint density at radius 1 is 1.21 bits per heavy atom. The highest BCUT2D eigenvalue weighted by Crippen LogP contribution is 2.38. The summed E-state index contributed by atoms with van der Waals surface area (Å²) in [5.41, 5.74) is 1.81. The molecule has 0 bridgehead atoms. The van der Waals surface area contributed by atoms with Crippen LogP contribution in [0.2, 0.25) is 0 Å². The van der Waals surface area contributed by atoms with E-state index in [1.54, 1.807) is 6.07 Å². The van der Waals surface area contributed by atoms with Gasteiger partial charge in [0.15, 0.2) is 11.7 Å². The molecule has 0 saturated heterocycles. The van der Waals surface area contributed by atoms with Crippen LogP contribution in [0.3, 0.4) is 0 Å². The zero-order chi connectivity index (χ0) is 13.2. The third kappa shape index (κ3) is 2.55. The van der Waals surface area contributed by atoms with Crippen LogP contribution in [-0.2, 0) is 0 Å². The molecule has 1 fully saturated rings. The molecule has 0 aliphatic heterocycles. The summed E-state index contributed by atoms with van der Waals surface area (Å²) < 4.78 is 19.1. The number of hydrogen-bond donors (Lipinski definition) is 0. The zero-order valence-electron chi connectivity index (χ0n) is 11.2. The molecule has 100 valence electrons. The van der Waals surface area contributed by atoms with Gasteiger partial charge in [0, 0.05) is 18.4 Å². The second kappa shape index (κ2) is 5.16. The Labute approximate surface area is 112 Å². The summed E-state index contributed by atoms with van der Waals surface area (Å²) in [5, 5.41) is 0. The Bertz CT molecular complexity index is 570. The molecule has 0 unspecified atom stereocenters. The number of halogens is 1. The van der Waals surface area contributed by atoms with Crippen molar-refractivity contribution in [3.8, 4) is 11.3 Å². The third-order valence-electron chi connectivity index (χ3n) is 3.84. The van der Waals surface area contributed by atoms with Gasteiger partial charge in [0.05, 0.1) is 5.69 Å². The molecule has 0 N–H and O–H groups in total. The molecule has 1 aromatic heterocycles. The summed E-state index contributed by atoms with van der Waals surface area (Å²) in [6.07, 6.45) is 6.13. The lowest BCUT2D eigenvalue weighted by molar-refractivity contribution is 0.436. The maximum Gasteiger partial charge on any atom is 0.192 e. The topological polar surface area (TPSA) is 26.0 Å². The number of hydrogen-bond acceptors (Lipinski definition) is 2. The standard InChI is InChI=1S/C16H18FNO/c1-11-18-15(12-6-3-2-4-7-12)16(19-11)13-8-5-9-14(17)10-13/h5,8-10,12H,2-4,6-7H2,1H3. The summed E-state index contributed by atoms with van der Waals surface area (Å²) >= 11 is 0. The van der Waals surface area contributed by atoms with Crippen LogP contribution in [0.1, 0.15) is 49.6 Å². The number of aromatic nitrogens is 1. The minimum atomic E-state index is -0.235. The first-order valence-corrected chi connectivity index (χ1v) is 6.97. The average Bonchev–Trinajstić information content (AvgIpc) is 2.82. The highest BCUT2D eigenvalue weighted by Gasteiger charge is 2.24. The van der Waals surface area contributed by atoms with E-state index in [2.05, 4.69) is 4.98 Å². The fourth-order valence-electron chi connectivity index (χ4n) is 2.93. The molecule has 3 heteroatoms. The van der Waals surface area contributed by atoms with Crippen molar-refractivity contribution in [3.63, 3.8) is 0 Å². The van der Waals surface area contributed by atoms with E-state index in [9.17, 15) is 4.39 Å². The molecule has 19 heavy (non-hydrogen) atoms. The lowest BCUT2D eigenvalue weighted by atomic mass is 9.85. The van der Waals surface area contributed by atoms with E-state index in [4.69, 9.17) is 4.42 Å². The number of benzene rings is 1. The Hall–Kier alpha value is -1.64. The number of rotatable bonds is 2. The SMILES string of the molecule is Cc1nc(C2CCCCC2)c(-c2cccc(F)c2)o1. The van der Waals surface area contributed by atoms with Crippen LogP contribution in [0.5, 0.6) is 0 Å². The van der Waals surface area contributed by atoms with Crippen molar-refractivity contribution >= 4 is 0 Å². The van der Waals surface area contributed by atoms with Crippen LogP contribution >= 0.6 is 0 Å². The van der Waals surface area contributed by atoms with Gasteiger partial charge in [0.2, 0.25) is 0 Å². The van der Waals surface area contributed by atoms with Crippen molar-refractivity contribution in [2.75, 3.05) is 0 Å². The van der Waals surface area contributed by atoms with Gasteiger partial charge in [0.25, 0.3) is 0 Å². The smallest absolute Gasteiger partial charge is 0.192 e. The van der Waals surface area contributed by atoms with E-state index in [1.807, 2.05) is 13.0 Å². The van der Waals surface area contributed by atoms with Crippen LogP contribution < -0.4 is 0 Å². The minimum Gasteiger partial charge on any atom is -0.441 e. The second-order valence-electron chi connectivity index (χ2n) is 5.29. The summed E-state index contributed by atoms with van der Waals surface area (Å²) in [5.74, 6) is 1.65. The minimum absolute atomic E-state index is 0.235. The fourth-order valence-corrected chi connectivity index (χ4v) is 2.93. The first kappa shape index (κ1) is 12.4. The maximum atomic E-state index is 13.4. The molecular formula is C16H18FNO. The van der Waals surface area contributed by atoms with E-state index in [-0.39, 0.29) is 5.82 Å². The largest absolute Gasteiger partial charge is 0.441 e. The first-order valence-electron chi connectivity index (χ1n) is 6.97. The van der Waals surface area contributed by atoms with E-state index >= 15 is 0 Å². The molecule has 0 atom stereocenters. The normalized spacial score (nSPS) is 16.7. The predicted octanol–water partition coefficient (Wildman–Crippen LogP) is 4.84. The van der Waals surface area contributed by atoms with E-state index < -0.39 is 0 Å². The molecule has 0 spiro atoms. The van der Waals surface area contributed by atoms with Crippen LogP contribution in [0.4, 0.5) is 4.39 Å². The van der Waals surface area contributed by atoms with Crippen molar-refractivity contribution in [1.29, 1.82) is 0 Å². The van der Waals surface area contributed by atoms with Crippen LogP contribution in [0.15, 0.2) is 28.7 Å². The van der Waals surface area contributed by atoms with Gasteiger partial charge in [-0.15, -0.1) is 0 Å². The zero-order valence-corrected chi connectivity index (χ0v) is 11.2. The first-order chi connectivity index (χ1) is 9.24. The van der Waals surface area contributed by atoms with Crippen molar-refractivity contribution in [2.24, 2.45) is 0 Å². The summed E-state index contributed by atoms with van der Waals surface area (Å²) in [4.78, 5) is 4.55. The Kier molecular flexibility index (Phi) is 3.36. The lowest BCUT2D eigenvalue weighted by Crippen LogP contribution is -2.06. The molecule has 1 saturated carbocycles. The molecule has 0 radical (unpaired) electrons. The molecule has 0 amide bonds. The number of nitrogens with zero attached hydrogens (tertiary/aromatic N) is 1. The maximum absolute atomic E-state index is 13.4. The second-order valence-corrected chi connectivity index (χ2v) is 5.29. The number of aryl methyl sites for hydroxylation is 1. The van der Waals surface area contributed by atoms with E-state index in [0.29, 0.717) is 11.8 Å². The third-order valence-corrected chi connectivity index (χ3v) is 3.84. The summed E-state index contributed by atoms with van der Waals surface area (Å²) in [7, 11) is 0. The summed E-state index contributed by atoms with van der Waals surface area (Å²) in [6, 6.07) is 6.57. The van der Waals surface area contributed by atoms with Gasteiger partial charge in [-0.2, -0.15) is 0 Å². The van der Waals surface area contributed by atoms with Crippen molar-refractivity contribution < 1.29 is 8.81 Å². The van der Waals surface area contributed by atoms with Gasteiger partial charge in [-0.1, -0.05) is 31.4 Å². The van der Waals surface area contributed by atoms with Gasteiger partial charge in [-0.05, 0) is 25.0 Å². The van der Waals surface area contributed by atoms with Gasteiger partial charge < -0.3 is 4.42 Å². The van der Waals surface area contributed by atoms with Crippen molar-refractivity contribution in [2.45, 2.75) is 44.9 Å². The molecular weight excluding hydrogens is 241 g/mol. The van der Waals surface area contributed by atoms with Crippen LogP contribution in [-0.4, -0.2) is 4.98 Å². The van der Waals surface area contributed by atoms with Gasteiger partial charge >= 0.3 is 0 Å². The van der Waals surface area contributed by atoms with Crippen molar-refractivity contribution in [1.82, 2.24) is 4.98 Å². The van der Waals surface area contributed by atoms with Crippen LogP contribution in [0, 0.1) is 12.7 Å². The lowest BCUT2D eigenvalue weighted by Gasteiger charge is -2.20. The van der Waals surface area contributed by atoms with Gasteiger partial charge in [-0.25, -0.2) is 9.37 Å². The molecule has 2 aromatic rings. The molecule has 1 heterocycles. The molecule has 2 nitrogen and oxygen atoms in total. The Morgan fingerprint density at radius 3 is 2.74 bits per heavy atom. The molecule has 3 rings (SSSR count). The average molecular weight is 259 g/mol. The Morgan fingerprint density at radius 2 is 2.00 bits per heavy atom. The molecule has 1 aliphatic rings. The van der Waals surface area contributed by atoms with Gasteiger partial charge in [-0.3, -0.25) is 0 Å². The molecule has 1 aliphatic carbocycles.